The summed E-state index contributed by atoms with van der Waals surface area (Å²) in [6.45, 7) is 20.4. The molecule has 4 aromatic rings. The highest BCUT2D eigenvalue weighted by atomic mass is 32.2. The number of hydrogen-bond acceptors (Lipinski definition) is 5. The van der Waals surface area contributed by atoms with Gasteiger partial charge >= 0.3 is 0 Å². The largest absolute Gasteiger partial charge is 0.264 e. The highest BCUT2D eigenvalue weighted by Gasteiger charge is 2.10. The minimum absolute atomic E-state index is 0.647. The zero-order chi connectivity index (χ0) is 31.8. The molecule has 2 aromatic heterocycles. The molecular formula is C38H52N2S3. The van der Waals surface area contributed by atoms with Gasteiger partial charge in [-0.3, -0.25) is 9.97 Å². The average molecular weight is 633 g/mol. The van der Waals surface area contributed by atoms with Crippen molar-refractivity contribution in [2.24, 2.45) is 17.8 Å². The monoisotopic (exact) mass is 632 g/mol. The summed E-state index contributed by atoms with van der Waals surface area (Å²) in [4.78, 5) is 11.0. The standard InChI is InChI=1S/2C16H19NS.C6H14S/c2*1-12(2)13(3)18-16-8-6-14(7-9-16)15-5-4-10-17-11-15;1-5(2)6(3)7-4/h2*4-13H,1-3H3;5-6H,1-4H3/t2*13-;6-/m000/s1. The molecule has 0 spiro atoms. The fourth-order valence-electron chi connectivity index (χ4n) is 3.49. The van der Waals surface area contributed by atoms with Crippen LogP contribution in [0, 0.1) is 17.8 Å². The number of pyridine rings is 2. The summed E-state index contributed by atoms with van der Waals surface area (Å²) in [5, 5.41) is 2.11. The number of hydrogen-bond donors (Lipinski definition) is 0. The van der Waals surface area contributed by atoms with E-state index in [-0.39, 0.29) is 0 Å². The first-order chi connectivity index (χ1) is 20.5. The van der Waals surface area contributed by atoms with E-state index in [4.69, 9.17) is 0 Å². The van der Waals surface area contributed by atoms with Crippen LogP contribution in [0.15, 0.2) is 107 Å². The highest BCUT2D eigenvalue weighted by molar-refractivity contribution is 8.00. The van der Waals surface area contributed by atoms with E-state index in [1.54, 1.807) is 12.4 Å². The predicted molar refractivity (Wildman–Crippen MR) is 197 cm³/mol. The van der Waals surface area contributed by atoms with Gasteiger partial charge in [-0.05, 0) is 82.7 Å². The Kier molecular flexibility index (Phi) is 17.2. The van der Waals surface area contributed by atoms with Crippen LogP contribution < -0.4 is 0 Å². The Hall–Kier alpha value is -2.21. The maximum absolute atomic E-state index is 4.15. The van der Waals surface area contributed by atoms with Gasteiger partial charge in [-0.25, -0.2) is 0 Å². The quantitative estimate of drug-likeness (QED) is 0.162. The Morgan fingerprint density at radius 2 is 0.791 bits per heavy atom. The molecule has 0 aliphatic carbocycles. The van der Waals surface area contributed by atoms with Gasteiger partial charge in [-0.15, -0.1) is 23.5 Å². The molecule has 0 radical (unpaired) electrons. The van der Waals surface area contributed by atoms with E-state index in [0.29, 0.717) is 22.3 Å². The smallest absolute Gasteiger partial charge is 0.0346 e. The fourth-order valence-corrected chi connectivity index (χ4v) is 6.03. The summed E-state index contributed by atoms with van der Waals surface area (Å²) >= 11 is 5.81. The lowest BCUT2D eigenvalue weighted by molar-refractivity contribution is 0.642. The third-order valence-electron chi connectivity index (χ3n) is 7.53. The van der Waals surface area contributed by atoms with Crippen LogP contribution in [0.5, 0.6) is 0 Å². The first-order valence-electron chi connectivity index (χ1n) is 15.4. The zero-order valence-electron chi connectivity index (χ0n) is 27.8. The van der Waals surface area contributed by atoms with Crippen LogP contribution in [0.2, 0.25) is 0 Å². The molecule has 2 nitrogen and oxygen atoms in total. The maximum Gasteiger partial charge on any atom is 0.0346 e. The minimum atomic E-state index is 0.647. The van der Waals surface area contributed by atoms with Crippen molar-refractivity contribution in [1.29, 1.82) is 0 Å². The van der Waals surface area contributed by atoms with Crippen LogP contribution >= 0.6 is 35.3 Å². The predicted octanol–water partition coefficient (Wildman–Crippen LogP) is 12.2. The molecule has 5 heteroatoms. The molecule has 0 fully saturated rings. The Balaban J connectivity index is 0.000000247. The molecule has 3 atom stereocenters. The van der Waals surface area contributed by atoms with E-state index in [1.807, 2.05) is 59.8 Å². The molecule has 0 bridgehead atoms. The number of rotatable bonds is 10. The lowest BCUT2D eigenvalue weighted by Gasteiger charge is -2.15. The second kappa shape index (κ2) is 19.9. The van der Waals surface area contributed by atoms with Crippen molar-refractivity contribution in [2.75, 3.05) is 6.26 Å². The Labute approximate surface area is 275 Å². The van der Waals surface area contributed by atoms with Gasteiger partial charge in [0.15, 0.2) is 0 Å². The van der Waals surface area contributed by atoms with E-state index in [0.717, 1.165) is 11.2 Å². The Bertz CT molecular complexity index is 1160. The number of thioether (sulfide) groups is 3. The van der Waals surface area contributed by atoms with Crippen molar-refractivity contribution in [2.45, 2.75) is 87.9 Å². The molecule has 0 amide bonds. The average Bonchev–Trinajstić information content (AvgIpc) is 3.02. The Morgan fingerprint density at radius 3 is 1.02 bits per heavy atom. The molecular weight excluding hydrogens is 581 g/mol. The zero-order valence-corrected chi connectivity index (χ0v) is 30.3. The molecule has 0 unspecified atom stereocenters. The first-order valence-corrected chi connectivity index (χ1v) is 18.4. The van der Waals surface area contributed by atoms with Crippen LogP contribution in [0.25, 0.3) is 22.3 Å². The van der Waals surface area contributed by atoms with Gasteiger partial charge in [-0.2, -0.15) is 11.8 Å². The summed E-state index contributed by atoms with van der Waals surface area (Å²) in [6.07, 6.45) is 9.57. The van der Waals surface area contributed by atoms with Crippen LogP contribution in [-0.4, -0.2) is 32.0 Å². The van der Waals surface area contributed by atoms with E-state index in [2.05, 4.69) is 139 Å². The molecule has 4 rings (SSSR count). The van der Waals surface area contributed by atoms with Gasteiger partial charge < -0.3 is 0 Å². The maximum atomic E-state index is 4.15. The van der Waals surface area contributed by atoms with Crippen molar-refractivity contribution < 1.29 is 0 Å². The van der Waals surface area contributed by atoms with Crippen LogP contribution in [0.3, 0.4) is 0 Å². The van der Waals surface area contributed by atoms with Gasteiger partial charge in [0, 0.05) is 50.3 Å². The van der Waals surface area contributed by atoms with Gasteiger partial charge in [0.2, 0.25) is 0 Å². The van der Waals surface area contributed by atoms with Crippen molar-refractivity contribution in [3.05, 3.63) is 97.6 Å². The van der Waals surface area contributed by atoms with E-state index >= 15 is 0 Å². The molecule has 0 aliphatic heterocycles. The minimum Gasteiger partial charge on any atom is -0.264 e. The molecule has 2 aromatic carbocycles. The van der Waals surface area contributed by atoms with Gasteiger partial charge in [0.05, 0.1) is 0 Å². The summed E-state index contributed by atoms with van der Waals surface area (Å²) in [5.41, 5.74) is 4.80. The van der Waals surface area contributed by atoms with Crippen LogP contribution in [0.1, 0.15) is 62.3 Å². The lowest BCUT2D eigenvalue weighted by atomic mass is 10.1. The topological polar surface area (TPSA) is 25.8 Å². The molecule has 0 N–H and O–H groups in total. The second-order valence-corrected chi connectivity index (χ2v) is 16.0. The van der Waals surface area contributed by atoms with Gasteiger partial charge in [0.1, 0.15) is 0 Å². The molecule has 0 saturated carbocycles. The van der Waals surface area contributed by atoms with E-state index < -0.39 is 0 Å². The molecule has 0 saturated heterocycles. The number of benzene rings is 2. The second-order valence-electron chi connectivity index (χ2n) is 11.9. The molecule has 43 heavy (non-hydrogen) atoms. The number of aromatic nitrogens is 2. The molecule has 2 heterocycles. The van der Waals surface area contributed by atoms with Crippen molar-refractivity contribution in [1.82, 2.24) is 9.97 Å². The molecule has 232 valence electrons. The third kappa shape index (κ3) is 14.0. The van der Waals surface area contributed by atoms with Gasteiger partial charge in [0.25, 0.3) is 0 Å². The fraction of sp³-hybridized carbons (Fsp3) is 0.421. The summed E-state index contributed by atoms with van der Waals surface area (Å²) in [7, 11) is 0. The van der Waals surface area contributed by atoms with Crippen LogP contribution in [-0.2, 0) is 0 Å². The SMILES string of the molecule is CC(C)[C@H](C)Sc1ccc(-c2cccnc2)cc1.CC(C)[C@H](C)Sc1ccc(-c2cccnc2)cc1.CS[C@@H](C)C(C)C. The Morgan fingerprint density at radius 1 is 0.442 bits per heavy atom. The van der Waals surface area contributed by atoms with Gasteiger partial charge in [-0.1, -0.05) is 98.7 Å². The summed E-state index contributed by atoms with van der Waals surface area (Å²) < 4.78 is 0. The summed E-state index contributed by atoms with van der Waals surface area (Å²) in [6, 6.07) is 25.6. The highest BCUT2D eigenvalue weighted by Crippen LogP contribution is 2.30. The van der Waals surface area contributed by atoms with Crippen molar-refractivity contribution in [3.63, 3.8) is 0 Å². The molecule has 0 aliphatic rings. The van der Waals surface area contributed by atoms with Crippen LogP contribution in [0.4, 0.5) is 0 Å². The normalized spacial score (nSPS) is 13.0. The van der Waals surface area contributed by atoms with Crippen molar-refractivity contribution >= 4 is 35.3 Å². The first kappa shape index (κ1) is 37.0. The third-order valence-corrected chi connectivity index (χ3v) is 11.7. The van der Waals surface area contributed by atoms with E-state index in [1.165, 1.54) is 32.0 Å². The lowest BCUT2D eigenvalue weighted by Crippen LogP contribution is -2.04. The van der Waals surface area contributed by atoms with E-state index in [9.17, 15) is 0 Å². The summed E-state index contributed by atoms with van der Waals surface area (Å²) in [5.74, 6) is 2.23. The number of nitrogens with zero attached hydrogens (tertiary/aromatic N) is 2. The van der Waals surface area contributed by atoms with Crippen molar-refractivity contribution in [3.8, 4) is 22.3 Å².